The van der Waals surface area contributed by atoms with Gasteiger partial charge in [0.25, 0.3) is 0 Å². The van der Waals surface area contributed by atoms with Crippen LogP contribution in [-0.2, 0) is 11.8 Å². The molecule has 0 spiro atoms. The van der Waals surface area contributed by atoms with Gasteiger partial charge in [0, 0.05) is 29.4 Å². The number of hydrogen-bond donors (Lipinski definition) is 0. The molecular weight excluding hydrogens is 340 g/mol. The average molecular weight is 367 g/mol. The van der Waals surface area contributed by atoms with Gasteiger partial charge < -0.3 is 4.57 Å². The lowest BCUT2D eigenvalue weighted by Gasteiger charge is -2.36. The summed E-state index contributed by atoms with van der Waals surface area (Å²) in [6, 6.07) is 32.1. The van der Waals surface area contributed by atoms with Crippen molar-refractivity contribution in [3.8, 4) is 5.69 Å². The number of hydrogen-bond acceptors (Lipinski definition) is 1. The summed E-state index contributed by atoms with van der Waals surface area (Å²) in [7, 11) is 0. The lowest BCUT2D eigenvalue weighted by molar-refractivity contribution is 0.376. The maximum Gasteiger partial charge on any atom is 0.116 e. The maximum atomic E-state index is 4.79. The summed E-state index contributed by atoms with van der Waals surface area (Å²) >= 11 is 0. The van der Waals surface area contributed by atoms with Gasteiger partial charge in [-0.2, -0.15) is 0 Å². The Labute approximate surface area is 167 Å². The molecule has 0 bridgehead atoms. The normalized spacial score (nSPS) is 14.4. The van der Waals surface area contributed by atoms with E-state index in [1.54, 1.807) is 0 Å². The molecule has 0 saturated heterocycles. The minimum atomic E-state index is -0.0828. The molecule has 140 valence electrons. The van der Waals surface area contributed by atoms with Crippen LogP contribution in [0, 0.1) is 0 Å². The van der Waals surface area contributed by atoms with Gasteiger partial charge in [-0.15, -0.1) is 0 Å². The molecule has 4 aromatic rings. The van der Waals surface area contributed by atoms with Gasteiger partial charge in [0.2, 0.25) is 0 Å². The number of benzene rings is 3. The van der Waals surface area contributed by atoms with E-state index >= 15 is 0 Å². The van der Waals surface area contributed by atoms with Gasteiger partial charge in [0.1, 0.15) is 5.82 Å². The van der Waals surface area contributed by atoms with Crippen LogP contribution in [0.2, 0.25) is 0 Å². The van der Waals surface area contributed by atoms with Crippen molar-refractivity contribution in [3.05, 3.63) is 120 Å². The predicted octanol–water partition coefficient (Wildman–Crippen LogP) is 6.18. The van der Waals surface area contributed by atoms with Crippen LogP contribution >= 0.6 is 0 Å². The second kappa shape index (κ2) is 7.85. The van der Waals surface area contributed by atoms with Crippen LogP contribution in [0.25, 0.3) is 5.69 Å². The van der Waals surface area contributed by atoms with Crippen molar-refractivity contribution in [2.24, 2.45) is 0 Å². The quantitative estimate of drug-likeness (QED) is 0.398. The first-order valence-corrected chi connectivity index (χ1v) is 9.86. The van der Waals surface area contributed by atoms with Crippen LogP contribution in [0.15, 0.2) is 103 Å². The Bertz CT molecular complexity index is 1010. The van der Waals surface area contributed by atoms with Crippen LogP contribution in [0.5, 0.6) is 0 Å². The maximum absolute atomic E-state index is 4.79. The highest BCUT2D eigenvalue weighted by atomic mass is 15.1. The molecule has 0 amide bonds. The molecule has 0 fully saturated rings. The van der Waals surface area contributed by atoms with Gasteiger partial charge in [-0.1, -0.05) is 92.7 Å². The fourth-order valence-electron chi connectivity index (χ4n) is 4.07. The Kier molecular flexibility index (Phi) is 5.12. The van der Waals surface area contributed by atoms with Crippen LogP contribution in [-0.4, -0.2) is 9.55 Å². The Morgan fingerprint density at radius 2 is 1.39 bits per heavy atom. The van der Waals surface area contributed by atoms with Crippen molar-refractivity contribution in [2.45, 2.75) is 31.6 Å². The number of nitrogens with zero attached hydrogens (tertiary/aromatic N) is 2. The highest BCUT2D eigenvalue weighted by Crippen LogP contribution is 2.41. The van der Waals surface area contributed by atoms with Crippen LogP contribution in [0.3, 0.4) is 0 Å². The van der Waals surface area contributed by atoms with Gasteiger partial charge in [0.05, 0.1) is 0 Å². The van der Waals surface area contributed by atoms with Gasteiger partial charge in [0.15, 0.2) is 0 Å². The predicted molar refractivity (Wildman–Crippen MR) is 116 cm³/mol. The van der Waals surface area contributed by atoms with Gasteiger partial charge in [-0.25, -0.2) is 4.98 Å². The molecule has 4 rings (SSSR count). The van der Waals surface area contributed by atoms with Gasteiger partial charge in [-0.05, 0) is 29.7 Å². The third-order valence-corrected chi connectivity index (χ3v) is 5.89. The summed E-state index contributed by atoms with van der Waals surface area (Å²) in [4.78, 5) is 4.79. The highest BCUT2D eigenvalue weighted by Gasteiger charge is 2.36. The molecule has 2 heteroatoms. The zero-order valence-electron chi connectivity index (χ0n) is 16.5. The lowest BCUT2D eigenvalue weighted by Crippen LogP contribution is -2.33. The van der Waals surface area contributed by atoms with Crippen molar-refractivity contribution in [1.82, 2.24) is 9.55 Å². The van der Waals surface area contributed by atoms with Crippen molar-refractivity contribution in [2.75, 3.05) is 0 Å². The third kappa shape index (κ3) is 3.50. The number of imidazole rings is 1. The smallest absolute Gasteiger partial charge is 0.116 e. The number of rotatable bonds is 6. The molecule has 0 aliphatic heterocycles. The summed E-state index contributed by atoms with van der Waals surface area (Å²) in [6.07, 6.45) is 4.93. The summed E-state index contributed by atoms with van der Waals surface area (Å²) in [6.45, 7) is 4.67. The third-order valence-electron chi connectivity index (χ3n) is 5.89. The molecule has 28 heavy (non-hydrogen) atoms. The van der Waals surface area contributed by atoms with Crippen LogP contribution in [0.4, 0.5) is 0 Å². The van der Waals surface area contributed by atoms with Gasteiger partial charge in [-0.3, -0.25) is 0 Å². The molecule has 0 saturated carbocycles. The zero-order chi connectivity index (χ0) is 19.4. The standard InChI is InChI=1S/C26H26N2/c1-21(25-27-18-19-28(25)24-16-10-5-11-17-24)26(2,23-14-8-4-9-15-23)20-22-12-6-3-7-13-22/h3-19,21H,20H2,1-2H3. The van der Waals surface area contributed by atoms with Crippen molar-refractivity contribution in [3.63, 3.8) is 0 Å². The number of para-hydroxylation sites is 1. The summed E-state index contributed by atoms with van der Waals surface area (Å²) in [5, 5.41) is 0. The molecule has 1 aromatic heterocycles. The van der Waals surface area contributed by atoms with E-state index < -0.39 is 0 Å². The second-order valence-electron chi connectivity index (χ2n) is 7.66. The molecule has 0 aliphatic rings. The topological polar surface area (TPSA) is 17.8 Å². The van der Waals surface area contributed by atoms with E-state index in [0.29, 0.717) is 0 Å². The van der Waals surface area contributed by atoms with Crippen molar-refractivity contribution >= 4 is 0 Å². The van der Waals surface area contributed by atoms with Crippen LogP contribution < -0.4 is 0 Å². The molecule has 0 radical (unpaired) electrons. The van der Waals surface area contributed by atoms with Crippen molar-refractivity contribution < 1.29 is 0 Å². The van der Waals surface area contributed by atoms with E-state index in [4.69, 9.17) is 4.98 Å². The Morgan fingerprint density at radius 3 is 2.04 bits per heavy atom. The van der Waals surface area contributed by atoms with E-state index in [2.05, 4.69) is 110 Å². The molecule has 2 unspecified atom stereocenters. The van der Waals surface area contributed by atoms with Crippen molar-refractivity contribution in [1.29, 1.82) is 0 Å². The first-order valence-electron chi connectivity index (χ1n) is 9.86. The zero-order valence-corrected chi connectivity index (χ0v) is 16.5. The average Bonchev–Trinajstić information content (AvgIpc) is 3.25. The Hall–Kier alpha value is -3.13. The van der Waals surface area contributed by atoms with E-state index in [1.165, 1.54) is 11.1 Å². The molecule has 1 heterocycles. The summed E-state index contributed by atoms with van der Waals surface area (Å²) in [5.41, 5.74) is 3.75. The lowest BCUT2D eigenvalue weighted by atomic mass is 9.68. The SMILES string of the molecule is CC(c1nccn1-c1ccccc1)C(C)(Cc1ccccc1)c1ccccc1. The summed E-state index contributed by atoms with van der Waals surface area (Å²) < 4.78 is 2.22. The first-order chi connectivity index (χ1) is 13.7. The molecule has 0 aliphatic carbocycles. The monoisotopic (exact) mass is 366 g/mol. The Balaban J connectivity index is 1.79. The first kappa shape index (κ1) is 18.2. The highest BCUT2D eigenvalue weighted by molar-refractivity contribution is 5.37. The van der Waals surface area contributed by atoms with E-state index in [1.807, 2.05) is 12.3 Å². The largest absolute Gasteiger partial charge is 0.304 e. The van der Waals surface area contributed by atoms with E-state index in [-0.39, 0.29) is 11.3 Å². The summed E-state index contributed by atoms with van der Waals surface area (Å²) in [5.74, 6) is 1.32. The minimum Gasteiger partial charge on any atom is -0.304 e. The molecule has 0 N–H and O–H groups in total. The molecule has 2 atom stereocenters. The molecule has 2 nitrogen and oxygen atoms in total. The molecule has 3 aromatic carbocycles. The van der Waals surface area contributed by atoms with E-state index in [0.717, 1.165) is 17.9 Å². The number of aromatic nitrogens is 2. The van der Waals surface area contributed by atoms with Gasteiger partial charge >= 0.3 is 0 Å². The fourth-order valence-corrected chi connectivity index (χ4v) is 4.07. The fraction of sp³-hybridized carbons (Fsp3) is 0.192. The van der Waals surface area contributed by atoms with Crippen LogP contribution in [0.1, 0.15) is 36.7 Å². The minimum absolute atomic E-state index is 0.0828. The molecular formula is C26H26N2. The Morgan fingerprint density at radius 1 is 0.821 bits per heavy atom. The second-order valence-corrected chi connectivity index (χ2v) is 7.66. The van der Waals surface area contributed by atoms with E-state index in [9.17, 15) is 0 Å².